The van der Waals surface area contributed by atoms with Gasteiger partial charge in [0.2, 0.25) is 5.95 Å². The summed E-state index contributed by atoms with van der Waals surface area (Å²) in [5.41, 5.74) is 4.51. The van der Waals surface area contributed by atoms with Crippen molar-refractivity contribution in [1.82, 2.24) is 19.8 Å². The van der Waals surface area contributed by atoms with Crippen LogP contribution in [0.5, 0.6) is 5.75 Å². The molecule has 7 nitrogen and oxygen atoms in total. The number of amides is 1. The Bertz CT molecular complexity index is 998. The molecule has 1 aromatic heterocycles. The van der Waals surface area contributed by atoms with Gasteiger partial charge in [0, 0.05) is 57.9 Å². The van der Waals surface area contributed by atoms with Crippen molar-refractivity contribution in [1.29, 1.82) is 0 Å². The molecule has 0 unspecified atom stereocenters. The van der Waals surface area contributed by atoms with E-state index in [0.29, 0.717) is 13.1 Å². The van der Waals surface area contributed by atoms with E-state index in [2.05, 4.69) is 22.8 Å². The molecule has 1 aliphatic carbocycles. The molecular weight excluding hydrogens is 414 g/mol. The van der Waals surface area contributed by atoms with Gasteiger partial charge in [-0.3, -0.25) is 9.69 Å². The van der Waals surface area contributed by atoms with E-state index >= 15 is 0 Å². The predicted octanol–water partition coefficient (Wildman–Crippen LogP) is 2.77. The van der Waals surface area contributed by atoms with Gasteiger partial charge in [0.1, 0.15) is 5.75 Å². The monoisotopic (exact) mass is 449 g/mol. The predicted molar refractivity (Wildman–Crippen MR) is 129 cm³/mol. The highest BCUT2D eigenvalue weighted by Crippen LogP contribution is 2.26. The van der Waals surface area contributed by atoms with E-state index in [9.17, 15) is 4.79 Å². The van der Waals surface area contributed by atoms with Crippen LogP contribution in [0.25, 0.3) is 0 Å². The zero-order chi connectivity index (χ0) is 22.8. The number of ether oxygens (including phenoxy) is 1. The van der Waals surface area contributed by atoms with Crippen LogP contribution in [-0.2, 0) is 17.6 Å². The molecule has 5 rings (SSSR count). The lowest BCUT2D eigenvalue weighted by Crippen LogP contribution is -2.52. The van der Waals surface area contributed by atoms with Crippen molar-refractivity contribution >= 4 is 11.9 Å². The summed E-state index contributed by atoms with van der Waals surface area (Å²) in [5, 5.41) is 0. The van der Waals surface area contributed by atoms with E-state index < -0.39 is 0 Å². The second-order valence-corrected chi connectivity index (χ2v) is 9.62. The molecule has 2 aliphatic heterocycles. The largest absolute Gasteiger partial charge is 0.483 e. The van der Waals surface area contributed by atoms with Gasteiger partial charge < -0.3 is 14.5 Å². The summed E-state index contributed by atoms with van der Waals surface area (Å²) in [6.45, 7) is 9.72. The van der Waals surface area contributed by atoms with Crippen molar-refractivity contribution in [2.45, 2.75) is 52.0 Å². The van der Waals surface area contributed by atoms with Gasteiger partial charge in [0.05, 0.1) is 5.69 Å². The number of carbonyl (C=O) groups excluding carboxylic acids is 1. The number of piperazine rings is 1. The van der Waals surface area contributed by atoms with Crippen molar-refractivity contribution in [2.24, 2.45) is 0 Å². The fourth-order valence-corrected chi connectivity index (χ4v) is 5.02. The van der Waals surface area contributed by atoms with Crippen molar-refractivity contribution in [3.05, 3.63) is 46.8 Å². The van der Waals surface area contributed by atoms with Crippen LogP contribution >= 0.6 is 0 Å². The van der Waals surface area contributed by atoms with Gasteiger partial charge in [-0.2, -0.15) is 0 Å². The lowest BCUT2D eigenvalue weighted by Gasteiger charge is -2.43. The number of nitrogens with zero attached hydrogens (tertiary/aromatic N) is 5. The number of hydrogen-bond acceptors (Lipinski definition) is 6. The number of aromatic nitrogens is 2. The first kappa shape index (κ1) is 22.1. The first-order chi connectivity index (χ1) is 16.1. The van der Waals surface area contributed by atoms with E-state index in [1.807, 2.05) is 30.2 Å². The second-order valence-electron chi connectivity index (χ2n) is 9.62. The number of benzene rings is 1. The molecule has 1 saturated heterocycles. The first-order valence-electron chi connectivity index (χ1n) is 12.4. The van der Waals surface area contributed by atoms with Gasteiger partial charge in [-0.1, -0.05) is 18.6 Å². The summed E-state index contributed by atoms with van der Waals surface area (Å²) in [4.78, 5) is 29.3. The van der Waals surface area contributed by atoms with E-state index in [1.54, 1.807) is 0 Å². The van der Waals surface area contributed by atoms with Crippen LogP contribution in [0, 0.1) is 13.8 Å². The Kier molecular flexibility index (Phi) is 6.49. The SMILES string of the molecule is Cc1cccc(OCC(=O)N2CCc3cnc(N4CCN(C5CCC5)CC4)nc3CC2)c1C. The minimum atomic E-state index is 0.0315. The van der Waals surface area contributed by atoms with Crippen molar-refractivity contribution in [3.8, 4) is 5.75 Å². The fraction of sp³-hybridized carbons (Fsp3) is 0.577. The maximum atomic E-state index is 12.9. The molecular formula is C26H35N5O2. The normalized spacial score (nSPS) is 19.6. The van der Waals surface area contributed by atoms with Crippen LogP contribution < -0.4 is 9.64 Å². The lowest BCUT2D eigenvalue weighted by atomic mass is 9.91. The third-order valence-corrected chi connectivity index (χ3v) is 7.66. The van der Waals surface area contributed by atoms with E-state index in [-0.39, 0.29) is 12.5 Å². The van der Waals surface area contributed by atoms with Crippen LogP contribution in [-0.4, -0.2) is 77.6 Å². The number of hydrogen-bond donors (Lipinski definition) is 0. The smallest absolute Gasteiger partial charge is 0.260 e. The van der Waals surface area contributed by atoms with Crippen LogP contribution in [0.3, 0.4) is 0 Å². The number of aryl methyl sites for hydroxylation is 1. The molecule has 3 aliphatic rings. The number of anilines is 1. The molecule has 0 spiro atoms. The highest BCUT2D eigenvalue weighted by molar-refractivity contribution is 5.78. The van der Waals surface area contributed by atoms with E-state index in [0.717, 1.165) is 73.6 Å². The van der Waals surface area contributed by atoms with Crippen molar-refractivity contribution in [3.63, 3.8) is 0 Å². The van der Waals surface area contributed by atoms with Crippen molar-refractivity contribution < 1.29 is 9.53 Å². The summed E-state index contributed by atoms with van der Waals surface area (Å²) in [5.74, 6) is 1.67. The molecule has 0 N–H and O–H groups in total. The van der Waals surface area contributed by atoms with Crippen LogP contribution in [0.15, 0.2) is 24.4 Å². The average Bonchev–Trinajstić information content (AvgIpc) is 3.01. The molecule has 2 aromatic rings. The Morgan fingerprint density at radius 3 is 2.61 bits per heavy atom. The molecule has 0 atom stereocenters. The standard InChI is InChI=1S/C26H35N5O2/c1-19-5-3-8-24(20(19)2)33-18-25(32)30-11-9-21-17-27-26(28-23(21)10-12-30)31-15-13-29(14-16-31)22-6-4-7-22/h3,5,8,17,22H,4,6-7,9-16,18H2,1-2H3. The third-order valence-electron chi connectivity index (χ3n) is 7.66. The summed E-state index contributed by atoms with van der Waals surface area (Å²) in [6, 6.07) is 6.76. The topological polar surface area (TPSA) is 61.8 Å². The Labute approximate surface area is 196 Å². The molecule has 7 heteroatoms. The van der Waals surface area contributed by atoms with Crippen LogP contribution in [0.1, 0.15) is 41.6 Å². The van der Waals surface area contributed by atoms with Gasteiger partial charge in [0.15, 0.2) is 6.61 Å². The summed E-state index contributed by atoms with van der Waals surface area (Å²) in [7, 11) is 0. The number of carbonyl (C=O) groups is 1. The maximum Gasteiger partial charge on any atom is 0.260 e. The van der Waals surface area contributed by atoms with E-state index in [1.165, 1.54) is 24.8 Å². The third kappa shape index (κ3) is 4.83. The summed E-state index contributed by atoms with van der Waals surface area (Å²) < 4.78 is 5.86. The highest BCUT2D eigenvalue weighted by Gasteiger charge is 2.29. The van der Waals surface area contributed by atoms with Gasteiger partial charge in [-0.05, 0) is 55.9 Å². The minimum absolute atomic E-state index is 0.0315. The quantitative estimate of drug-likeness (QED) is 0.700. The Balaban J connectivity index is 1.16. The lowest BCUT2D eigenvalue weighted by molar-refractivity contribution is -0.133. The van der Waals surface area contributed by atoms with Crippen LogP contribution in [0.2, 0.25) is 0 Å². The second kappa shape index (κ2) is 9.67. The number of rotatable bonds is 5. The molecule has 3 heterocycles. The van der Waals surface area contributed by atoms with Gasteiger partial charge in [-0.15, -0.1) is 0 Å². The van der Waals surface area contributed by atoms with Gasteiger partial charge in [0.25, 0.3) is 5.91 Å². The minimum Gasteiger partial charge on any atom is -0.483 e. The molecule has 33 heavy (non-hydrogen) atoms. The molecule has 0 bridgehead atoms. The molecule has 1 saturated carbocycles. The van der Waals surface area contributed by atoms with Crippen LogP contribution in [0.4, 0.5) is 5.95 Å². The first-order valence-corrected chi connectivity index (χ1v) is 12.4. The maximum absolute atomic E-state index is 12.9. The number of fused-ring (bicyclic) bond motifs is 1. The zero-order valence-electron chi connectivity index (χ0n) is 19.9. The highest BCUT2D eigenvalue weighted by atomic mass is 16.5. The Morgan fingerprint density at radius 2 is 1.85 bits per heavy atom. The summed E-state index contributed by atoms with van der Waals surface area (Å²) >= 11 is 0. The van der Waals surface area contributed by atoms with E-state index in [4.69, 9.17) is 14.7 Å². The molecule has 2 fully saturated rings. The zero-order valence-corrected chi connectivity index (χ0v) is 19.9. The fourth-order valence-electron chi connectivity index (χ4n) is 5.02. The average molecular weight is 450 g/mol. The molecule has 176 valence electrons. The Morgan fingerprint density at radius 1 is 1.06 bits per heavy atom. The molecule has 1 amide bonds. The summed E-state index contributed by atoms with van der Waals surface area (Å²) in [6.07, 6.45) is 7.65. The van der Waals surface area contributed by atoms with Crippen molar-refractivity contribution in [2.75, 3.05) is 50.8 Å². The molecule has 1 aromatic carbocycles. The Hall–Kier alpha value is -2.67. The van der Waals surface area contributed by atoms with Gasteiger partial charge in [-0.25, -0.2) is 9.97 Å². The van der Waals surface area contributed by atoms with Gasteiger partial charge >= 0.3 is 0 Å². The molecule has 0 radical (unpaired) electrons.